The monoisotopic (exact) mass is 326 g/mol. The zero-order valence-corrected chi connectivity index (χ0v) is 12.3. The number of hydrogen-bond donors (Lipinski definition) is 0. The predicted octanol–water partition coefficient (Wildman–Crippen LogP) is 2.75. The van der Waals surface area contributed by atoms with E-state index < -0.39 is 20.0 Å². The van der Waals surface area contributed by atoms with Gasteiger partial charge in [0.15, 0.2) is 6.10 Å². The highest BCUT2D eigenvalue weighted by atomic mass is 35.6. The Kier molecular flexibility index (Phi) is 5.32. The highest BCUT2D eigenvalue weighted by Gasteiger charge is 2.35. The van der Waals surface area contributed by atoms with E-state index in [9.17, 15) is 8.42 Å². The molecule has 1 aromatic carbocycles. The predicted molar refractivity (Wildman–Crippen MR) is 73.3 cm³/mol. The van der Waals surface area contributed by atoms with Crippen LogP contribution in [0.3, 0.4) is 0 Å². The highest BCUT2D eigenvalue weighted by molar-refractivity contribution is 7.86. The van der Waals surface area contributed by atoms with Crippen molar-refractivity contribution in [2.45, 2.75) is 9.90 Å². The fraction of sp³-hybridized carbons (Fsp3) is 0.273. The minimum absolute atomic E-state index is 0.661. The van der Waals surface area contributed by atoms with Crippen LogP contribution in [0.4, 0.5) is 0 Å². The van der Waals surface area contributed by atoms with Crippen molar-refractivity contribution in [3.05, 3.63) is 35.9 Å². The summed E-state index contributed by atoms with van der Waals surface area (Å²) in [5.41, 5.74) is 0.661. The summed E-state index contributed by atoms with van der Waals surface area (Å²) >= 11 is 16.8. The molecule has 0 N–H and O–H groups in total. The molecule has 0 saturated carbocycles. The summed E-state index contributed by atoms with van der Waals surface area (Å²) in [6, 6.07) is 8.87. The second-order valence-electron chi connectivity index (χ2n) is 3.36. The van der Waals surface area contributed by atoms with Crippen LogP contribution >= 0.6 is 34.8 Å². The molecule has 0 aromatic heterocycles. The molecule has 1 atom stereocenters. The molecule has 0 spiro atoms. The minimum Gasteiger partial charge on any atom is -0.249 e. The Balaban J connectivity index is 2.97. The molecule has 18 heavy (non-hydrogen) atoms. The van der Waals surface area contributed by atoms with E-state index in [0.29, 0.717) is 5.56 Å². The van der Waals surface area contributed by atoms with Gasteiger partial charge in [-0.15, -0.1) is 0 Å². The summed E-state index contributed by atoms with van der Waals surface area (Å²) in [6.45, 7) is 0. The van der Waals surface area contributed by atoms with Crippen molar-refractivity contribution in [3.8, 4) is 11.8 Å². The van der Waals surface area contributed by atoms with Gasteiger partial charge in [-0.1, -0.05) is 64.8 Å². The molecule has 7 heteroatoms. The first kappa shape index (κ1) is 15.6. The third-order valence-corrected chi connectivity index (χ3v) is 2.83. The third kappa shape index (κ3) is 5.94. The number of alkyl halides is 3. The number of hydrogen-bond acceptors (Lipinski definition) is 3. The van der Waals surface area contributed by atoms with Crippen LogP contribution in [0, 0.1) is 11.8 Å². The highest BCUT2D eigenvalue weighted by Crippen LogP contribution is 2.32. The zero-order chi connectivity index (χ0) is 13.8. The first-order valence-corrected chi connectivity index (χ1v) is 7.65. The molecule has 1 aromatic rings. The third-order valence-electron chi connectivity index (χ3n) is 1.69. The quantitative estimate of drug-likeness (QED) is 0.476. The van der Waals surface area contributed by atoms with Gasteiger partial charge in [-0.25, -0.2) is 4.18 Å². The summed E-state index contributed by atoms with van der Waals surface area (Å²) in [7, 11) is -3.77. The molecule has 1 unspecified atom stereocenters. The van der Waals surface area contributed by atoms with Gasteiger partial charge in [0, 0.05) is 5.56 Å². The number of halogens is 3. The van der Waals surface area contributed by atoms with E-state index in [0.717, 1.165) is 6.26 Å². The van der Waals surface area contributed by atoms with Gasteiger partial charge < -0.3 is 0 Å². The van der Waals surface area contributed by atoms with Gasteiger partial charge in [0.25, 0.3) is 10.1 Å². The van der Waals surface area contributed by atoms with Crippen molar-refractivity contribution in [1.82, 2.24) is 0 Å². The maximum Gasteiger partial charge on any atom is 0.265 e. The average molecular weight is 328 g/mol. The molecule has 0 amide bonds. The molecule has 0 radical (unpaired) electrons. The largest absolute Gasteiger partial charge is 0.265 e. The van der Waals surface area contributed by atoms with Gasteiger partial charge >= 0.3 is 0 Å². The molecule has 0 aliphatic rings. The van der Waals surface area contributed by atoms with Crippen molar-refractivity contribution >= 4 is 44.9 Å². The lowest BCUT2D eigenvalue weighted by molar-refractivity contribution is 0.271. The van der Waals surface area contributed by atoms with E-state index in [1.165, 1.54) is 0 Å². The van der Waals surface area contributed by atoms with Crippen LogP contribution in [0.2, 0.25) is 0 Å². The summed E-state index contributed by atoms with van der Waals surface area (Å²) in [5, 5.41) is 0. The van der Waals surface area contributed by atoms with Crippen LogP contribution in [0.25, 0.3) is 0 Å². The summed E-state index contributed by atoms with van der Waals surface area (Å²) in [4.78, 5) is 0. The molecule has 0 aliphatic heterocycles. The van der Waals surface area contributed by atoms with E-state index in [1.807, 2.05) is 6.07 Å². The maximum absolute atomic E-state index is 11.0. The lowest BCUT2D eigenvalue weighted by Gasteiger charge is -2.17. The fourth-order valence-electron chi connectivity index (χ4n) is 1.01. The Labute approximate surface area is 121 Å². The molecule has 0 bridgehead atoms. The van der Waals surface area contributed by atoms with Gasteiger partial charge in [0.2, 0.25) is 3.79 Å². The number of benzene rings is 1. The van der Waals surface area contributed by atoms with E-state index in [1.54, 1.807) is 24.3 Å². The topological polar surface area (TPSA) is 43.4 Å². The van der Waals surface area contributed by atoms with Gasteiger partial charge in [0.05, 0.1) is 6.26 Å². The van der Waals surface area contributed by atoms with Crippen molar-refractivity contribution in [2.75, 3.05) is 6.26 Å². The van der Waals surface area contributed by atoms with Gasteiger partial charge in [0.1, 0.15) is 0 Å². The normalized spacial score (nSPS) is 13.6. The van der Waals surface area contributed by atoms with Crippen LogP contribution in [0.1, 0.15) is 5.56 Å². The second kappa shape index (κ2) is 6.14. The van der Waals surface area contributed by atoms with Crippen molar-refractivity contribution in [3.63, 3.8) is 0 Å². The van der Waals surface area contributed by atoms with Gasteiger partial charge in [-0.05, 0) is 12.1 Å². The van der Waals surface area contributed by atoms with Gasteiger partial charge in [-0.3, -0.25) is 0 Å². The maximum atomic E-state index is 11.0. The van der Waals surface area contributed by atoms with E-state index in [-0.39, 0.29) is 0 Å². The second-order valence-corrected chi connectivity index (χ2v) is 7.33. The molecular weight excluding hydrogens is 319 g/mol. The fourth-order valence-corrected chi connectivity index (χ4v) is 2.00. The Hall–Kier alpha value is -0.440. The van der Waals surface area contributed by atoms with Crippen molar-refractivity contribution in [2.24, 2.45) is 0 Å². The smallest absolute Gasteiger partial charge is 0.249 e. The average Bonchev–Trinajstić information content (AvgIpc) is 2.22. The molecule has 0 aliphatic carbocycles. The first-order chi connectivity index (χ1) is 8.18. The Bertz CT molecular complexity index is 553. The van der Waals surface area contributed by atoms with Crippen LogP contribution in [0.5, 0.6) is 0 Å². The molecule has 0 heterocycles. The molecule has 98 valence electrons. The molecule has 0 saturated heterocycles. The summed E-state index contributed by atoms with van der Waals surface area (Å²) in [6.07, 6.45) is -0.502. The van der Waals surface area contributed by atoms with Crippen LogP contribution < -0.4 is 0 Å². The molecule has 3 nitrogen and oxygen atoms in total. The van der Waals surface area contributed by atoms with Crippen molar-refractivity contribution < 1.29 is 12.6 Å². The Morgan fingerprint density at radius 1 is 1.22 bits per heavy atom. The van der Waals surface area contributed by atoms with Gasteiger partial charge in [-0.2, -0.15) is 8.42 Å². The lowest BCUT2D eigenvalue weighted by Crippen LogP contribution is -2.29. The van der Waals surface area contributed by atoms with Crippen LogP contribution in [0.15, 0.2) is 30.3 Å². The molecule has 0 fully saturated rings. The standard InChI is InChI=1S/C11H9Cl3O3S/c1-18(15,16)17-10(11(12,13)14)8-7-9-5-3-2-4-6-9/h2-6,10H,1H3. The van der Waals surface area contributed by atoms with E-state index in [4.69, 9.17) is 34.8 Å². The van der Waals surface area contributed by atoms with E-state index >= 15 is 0 Å². The van der Waals surface area contributed by atoms with Crippen LogP contribution in [-0.2, 0) is 14.3 Å². The van der Waals surface area contributed by atoms with Crippen molar-refractivity contribution in [1.29, 1.82) is 0 Å². The summed E-state index contributed by atoms with van der Waals surface area (Å²) < 4.78 is 24.7. The molecular formula is C11H9Cl3O3S. The molecule has 1 rings (SSSR count). The Morgan fingerprint density at radius 3 is 2.22 bits per heavy atom. The Morgan fingerprint density at radius 2 is 1.78 bits per heavy atom. The first-order valence-electron chi connectivity index (χ1n) is 4.70. The number of rotatable bonds is 2. The minimum atomic E-state index is -3.77. The van der Waals surface area contributed by atoms with Crippen LogP contribution in [-0.4, -0.2) is 24.6 Å². The lowest BCUT2D eigenvalue weighted by atomic mass is 10.2. The summed E-state index contributed by atoms with van der Waals surface area (Å²) in [5.74, 6) is 5.17. The zero-order valence-electron chi connectivity index (χ0n) is 9.23. The van der Waals surface area contributed by atoms with E-state index in [2.05, 4.69) is 16.0 Å². The SMILES string of the molecule is CS(=O)(=O)OC(C#Cc1ccccc1)C(Cl)(Cl)Cl.